The van der Waals surface area contributed by atoms with Crippen LogP contribution in [0.1, 0.15) is 1.43 Å². The van der Waals surface area contributed by atoms with Crippen molar-refractivity contribution in [1.29, 1.82) is 5.41 Å². The minimum atomic E-state index is -0.288. The number of ether oxygens (including phenoxy) is 1. The van der Waals surface area contributed by atoms with Gasteiger partial charge in [-0.2, -0.15) is 0 Å². The van der Waals surface area contributed by atoms with Crippen molar-refractivity contribution in [3.63, 3.8) is 0 Å². The third-order valence-electron chi connectivity index (χ3n) is 3.64. The van der Waals surface area contributed by atoms with Gasteiger partial charge in [-0.05, 0) is 30.3 Å². The monoisotopic (exact) mass is 314 g/mol. The minimum Gasteiger partial charge on any atom is -0.487 e. The van der Waals surface area contributed by atoms with Gasteiger partial charge in [0.1, 0.15) is 11.9 Å². The number of pyridine rings is 1. The lowest BCUT2D eigenvalue weighted by molar-refractivity contribution is -0.135. The van der Waals surface area contributed by atoms with Crippen LogP contribution in [0.3, 0.4) is 0 Å². The van der Waals surface area contributed by atoms with Crippen LogP contribution in [-0.2, 0) is 4.79 Å². The standard InChI is InChI=1S/C16H16N4O3.H2/c17-6-5-13(18)16(22)20-8-12(9-20)23-11-2-3-14-10(7-11)1-4-15(21)19-14;/h1-7,12,17H,8-9,18H2,(H,19,21);1H/b13-5-,17-6?;. The lowest BCUT2D eigenvalue weighted by Crippen LogP contribution is -2.57. The summed E-state index contributed by atoms with van der Waals surface area (Å²) in [6.07, 6.45) is 2.16. The number of likely N-dealkylation sites (tertiary alicyclic amines) is 1. The van der Waals surface area contributed by atoms with E-state index in [0.717, 1.165) is 17.1 Å². The maximum atomic E-state index is 11.9. The van der Waals surface area contributed by atoms with E-state index in [4.69, 9.17) is 15.9 Å². The molecule has 1 amide bonds. The van der Waals surface area contributed by atoms with Crippen molar-refractivity contribution in [3.05, 3.63) is 52.5 Å². The molecule has 0 atom stereocenters. The molecule has 1 fully saturated rings. The highest BCUT2D eigenvalue weighted by molar-refractivity contribution is 5.96. The highest BCUT2D eigenvalue weighted by atomic mass is 16.5. The van der Waals surface area contributed by atoms with Crippen LogP contribution in [0.2, 0.25) is 0 Å². The quantitative estimate of drug-likeness (QED) is 0.574. The van der Waals surface area contributed by atoms with Gasteiger partial charge in [-0.15, -0.1) is 0 Å². The highest BCUT2D eigenvalue weighted by Crippen LogP contribution is 2.22. The van der Waals surface area contributed by atoms with Crippen molar-refractivity contribution < 1.29 is 11.0 Å². The zero-order chi connectivity index (χ0) is 16.4. The molecule has 2 aromatic rings. The molecule has 7 nitrogen and oxygen atoms in total. The predicted octanol–water partition coefficient (Wildman–Crippen LogP) is 0.856. The number of fused-ring (bicyclic) bond motifs is 1. The molecule has 3 rings (SSSR count). The summed E-state index contributed by atoms with van der Waals surface area (Å²) >= 11 is 0. The molecule has 1 aliphatic rings. The van der Waals surface area contributed by atoms with Gasteiger partial charge < -0.3 is 25.8 Å². The van der Waals surface area contributed by atoms with E-state index >= 15 is 0 Å². The molecule has 0 spiro atoms. The van der Waals surface area contributed by atoms with Crippen LogP contribution >= 0.6 is 0 Å². The zero-order valence-electron chi connectivity index (χ0n) is 12.3. The molecular weight excluding hydrogens is 296 g/mol. The average Bonchev–Trinajstić information content (AvgIpc) is 2.50. The summed E-state index contributed by atoms with van der Waals surface area (Å²) < 4.78 is 5.82. The van der Waals surface area contributed by atoms with Crippen LogP contribution in [0.25, 0.3) is 10.9 Å². The van der Waals surface area contributed by atoms with Crippen LogP contribution in [0, 0.1) is 5.41 Å². The van der Waals surface area contributed by atoms with Crippen LogP contribution in [0.4, 0.5) is 0 Å². The number of amides is 1. The highest BCUT2D eigenvalue weighted by Gasteiger charge is 2.33. The van der Waals surface area contributed by atoms with E-state index in [1.54, 1.807) is 23.1 Å². The summed E-state index contributed by atoms with van der Waals surface area (Å²) in [6.45, 7) is 0.907. The Labute approximate surface area is 133 Å². The number of hydrogen-bond donors (Lipinski definition) is 3. The molecule has 0 aliphatic carbocycles. The number of nitrogens with zero attached hydrogens (tertiary/aromatic N) is 1. The van der Waals surface area contributed by atoms with E-state index in [1.165, 1.54) is 12.1 Å². The summed E-state index contributed by atoms with van der Waals surface area (Å²) in [6, 6.07) is 8.62. The maximum absolute atomic E-state index is 11.9. The fourth-order valence-corrected chi connectivity index (χ4v) is 2.42. The Morgan fingerprint density at radius 1 is 1.39 bits per heavy atom. The number of allylic oxidation sites excluding steroid dienone is 1. The van der Waals surface area contributed by atoms with E-state index in [1.807, 2.05) is 6.07 Å². The molecule has 0 saturated carbocycles. The number of hydrogen-bond acceptors (Lipinski definition) is 5. The van der Waals surface area contributed by atoms with Crippen molar-refractivity contribution in [1.82, 2.24) is 9.88 Å². The van der Waals surface area contributed by atoms with Gasteiger partial charge in [0, 0.05) is 24.6 Å². The van der Waals surface area contributed by atoms with Gasteiger partial charge in [-0.1, -0.05) is 0 Å². The first-order valence-electron chi connectivity index (χ1n) is 7.12. The molecule has 23 heavy (non-hydrogen) atoms. The molecule has 2 heterocycles. The SMILES string of the molecule is N=C/C=C(\N)C(=O)N1CC(Oc2ccc3[nH]c(=O)ccc3c2)C1.[HH]. The number of H-pyrrole nitrogens is 1. The molecule has 0 unspecified atom stereocenters. The van der Waals surface area contributed by atoms with Crippen LogP contribution < -0.4 is 16.0 Å². The van der Waals surface area contributed by atoms with Gasteiger partial charge in [0.25, 0.3) is 5.91 Å². The molecule has 0 radical (unpaired) electrons. The number of rotatable bonds is 4. The average molecular weight is 314 g/mol. The fraction of sp³-hybridized carbons (Fsp3) is 0.188. The number of aromatic nitrogens is 1. The van der Waals surface area contributed by atoms with Crippen LogP contribution in [-0.4, -0.2) is 41.2 Å². The Bertz CT molecular complexity index is 856. The third-order valence-corrected chi connectivity index (χ3v) is 3.64. The van der Waals surface area contributed by atoms with Crippen LogP contribution in [0.5, 0.6) is 5.75 Å². The first-order valence-corrected chi connectivity index (χ1v) is 7.12. The van der Waals surface area contributed by atoms with E-state index in [0.29, 0.717) is 18.8 Å². The molecule has 1 aliphatic heterocycles. The Hall–Kier alpha value is -3.09. The van der Waals surface area contributed by atoms with E-state index in [-0.39, 0.29) is 24.7 Å². The number of aromatic amines is 1. The summed E-state index contributed by atoms with van der Waals surface area (Å²) in [5.41, 5.74) is 6.21. The first-order chi connectivity index (χ1) is 11.1. The lowest BCUT2D eigenvalue weighted by atomic mass is 10.1. The maximum Gasteiger partial charge on any atom is 0.270 e. The van der Waals surface area contributed by atoms with Crippen molar-refractivity contribution in [3.8, 4) is 5.75 Å². The van der Waals surface area contributed by atoms with Crippen molar-refractivity contribution in [2.24, 2.45) is 5.73 Å². The topological polar surface area (TPSA) is 112 Å². The fourth-order valence-electron chi connectivity index (χ4n) is 2.42. The van der Waals surface area contributed by atoms with Gasteiger partial charge >= 0.3 is 0 Å². The van der Waals surface area contributed by atoms with Gasteiger partial charge in [0.2, 0.25) is 5.56 Å². The third kappa shape index (κ3) is 3.08. The summed E-state index contributed by atoms with van der Waals surface area (Å²) in [4.78, 5) is 27.4. The molecular formula is C16H18N4O3. The van der Waals surface area contributed by atoms with Crippen LogP contribution in [0.15, 0.2) is 46.9 Å². The first kappa shape index (κ1) is 14.8. The zero-order valence-corrected chi connectivity index (χ0v) is 12.3. The Balaban J connectivity index is 0.00000208. The summed E-state index contributed by atoms with van der Waals surface area (Å²) in [5, 5.41) is 7.79. The molecule has 1 aromatic carbocycles. The number of nitrogens with two attached hydrogens (primary N) is 1. The predicted molar refractivity (Wildman–Crippen MR) is 88.7 cm³/mol. The molecule has 1 aromatic heterocycles. The van der Waals surface area contributed by atoms with E-state index in [2.05, 4.69) is 4.98 Å². The van der Waals surface area contributed by atoms with Crippen molar-refractivity contribution >= 4 is 23.0 Å². The smallest absolute Gasteiger partial charge is 0.270 e. The molecule has 1 saturated heterocycles. The Morgan fingerprint density at radius 2 is 2.17 bits per heavy atom. The van der Waals surface area contributed by atoms with Gasteiger partial charge in [0.05, 0.1) is 18.8 Å². The van der Waals surface area contributed by atoms with Gasteiger partial charge in [-0.3, -0.25) is 9.59 Å². The summed E-state index contributed by atoms with van der Waals surface area (Å²) in [7, 11) is 0. The second kappa shape index (κ2) is 5.96. The van der Waals surface area contributed by atoms with Gasteiger partial charge in [0.15, 0.2) is 0 Å². The normalized spacial score (nSPS) is 15.3. The van der Waals surface area contributed by atoms with Crippen molar-refractivity contribution in [2.75, 3.05) is 13.1 Å². The molecule has 120 valence electrons. The second-order valence-electron chi connectivity index (χ2n) is 5.31. The number of nitrogens with one attached hydrogen (secondary N) is 2. The lowest BCUT2D eigenvalue weighted by Gasteiger charge is -2.38. The van der Waals surface area contributed by atoms with E-state index in [9.17, 15) is 9.59 Å². The molecule has 4 N–H and O–H groups in total. The molecule has 0 bridgehead atoms. The minimum absolute atomic E-state index is 0. The summed E-state index contributed by atoms with van der Waals surface area (Å²) in [5.74, 6) is 0.397. The largest absolute Gasteiger partial charge is 0.487 e. The second-order valence-corrected chi connectivity index (χ2v) is 5.31. The number of benzene rings is 1. The Kier molecular flexibility index (Phi) is 3.84. The molecule has 7 heteroatoms. The van der Waals surface area contributed by atoms with Crippen molar-refractivity contribution in [2.45, 2.75) is 6.10 Å². The number of carbonyl (C=O) groups is 1. The van der Waals surface area contributed by atoms with E-state index < -0.39 is 0 Å². The number of carbonyl (C=O) groups excluding carboxylic acids is 1. The van der Waals surface area contributed by atoms with Gasteiger partial charge in [-0.25, -0.2) is 0 Å². The Morgan fingerprint density at radius 3 is 2.91 bits per heavy atom.